The van der Waals surface area contributed by atoms with Crippen molar-refractivity contribution in [2.24, 2.45) is 5.92 Å². The highest BCUT2D eigenvalue weighted by Gasteiger charge is 1.98. The van der Waals surface area contributed by atoms with Crippen LogP contribution in [0.25, 0.3) is 0 Å². The molecule has 10 heavy (non-hydrogen) atoms. The fourth-order valence-electron chi connectivity index (χ4n) is 0.761. The lowest BCUT2D eigenvalue weighted by Gasteiger charge is -2.15. The molecule has 0 aliphatic carbocycles. The minimum absolute atomic E-state index is 0.272. The van der Waals surface area contributed by atoms with Crippen molar-refractivity contribution in [2.45, 2.75) is 20.3 Å². The number of hydrogen-bond donors (Lipinski definition) is 1. The number of hydrogen-bond acceptors (Lipinski definition) is 2. The van der Waals surface area contributed by atoms with Crippen molar-refractivity contribution in [1.82, 2.24) is 4.90 Å². The van der Waals surface area contributed by atoms with Gasteiger partial charge in [0, 0.05) is 6.54 Å². The summed E-state index contributed by atoms with van der Waals surface area (Å²) >= 11 is 0. The van der Waals surface area contributed by atoms with E-state index in [1.807, 2.05) is 7.05 Å². The molecular formula is C8H19NO. The monoisotopic (exact) mass is 145 g/mol. The molecule has 2 heteroatoms. The lowest BCUT2D eigenvalue weighted by atomic mass is 10.1. The van der Waals surface area contributed by atoms with Gasteiger partial charge in [0.1, 0.15) is 0 Å². The van der Waals surface area contributed by atoms with Gasteiger partial charge in [0.15, 0.2) is 0 Å². The maximum atomic E-state index is 8.56. The smallest absolute Gasteiger partial charge is 0.0558 e. The second-order valence-electron chi connectivity index (χ2n) is 3.21. The Morgan fingerprint density at radius 2 is 1.90 bits per heavy atom. The molecule has 0 fully saturated rings. The number of nitrogens with zero attached hydrogens (tertiary/aromatic N) is 1. The van der Waals surface area contributed by atoms with Gasteiger partial charge >= 0.3 is 0 Å². The zero-order chi connectivity index (χ0) is 7.98. The quantitative estimate of drug-likeness (QED) is 0.623. The van der Waals surface area contributed by atoms with Crippen LogP contribution in [0.5, 0.6) is 0 Å². The molecule has 0 spiro atoms. The van der Waals surface area contributed by atoms with E-state index in [0.717, 1.165) is 19.0 Å². The van der Waals surface area contributed by atoms with Crippen LogP contribution < -0.4 is 0 Å². The zero-order valence-corrected chi connectivity index (χ0v) is 7.30. The Balaban J connectivity index is 3.12. The first-order valence-electron chi connectivity index (χ1n) is 3.96. The Morgan fingerprint density at radius 1 is 1.30 bits per heavy atom. The average Bonchev–Trinajstić information content (AvgIpc) is 1.85. The molecule has 0 aliphatic heterocycles. The minimum Gasteiger partial charge on any atom is -0.395 e. The molecule has 0 heterocycles. The number of aliphatic hydroxyl groups excluding tert-OH is 1. The summed E-state index contributed by atoms with van der Waals surface area (Å²) in [6.45, 7) is 6.60. The Bertz CT molecular complexity index is 73.7. The molecule has 62 valence electrons. The van der Waals surface area contributed by atoms with Crippen molar-refractivity contribution in [3.8, 4) is 0 Å². The molecule has 0 rings (SSSR count). The molecule has 0 atom stereocenters. The van der Waals surface area contributed by atoms with Crippen molar-refractivity contribution >= 4 is 0 Å². The number of aliphatic hydroxyl groups is 1. The topological polar surface area (TPSA) is 23.5 Å². The van der Waals surface area contributed by atoms with Crippen LogP contribution in [0.1, 0.15) is 20.3 Å². The van der Waals surface area contributed by atoms with E-state index in [2.05, 4.69) is 18.7 Å². The molecule has 0 saturated carbocycles. The predicted molar refractivity (Wildman–Crippen MR) is 44.0 cm³/mol. The highest BCUT2D eigenvalue weighted by atomic mass is 16.3. The van der Waals surface area contributed by atoms with Crippen LogP contribution in [0.3, 0.4) is 0 Å². The predicted octanol–water partition coefficient (Wildman–Crippen LogP) is 0.957. The fraction of sp³-hybridized carbons (Fsp3) is 1.00. The van der Waals surface area contributed by atoms with Gasteiger partial charge in [-0.05, 0) is 25.9 Å². The molecule has 0 amide bonds. The Labute approximate surface area is 63.8 Å². The molecule has 0 bridgehead atoms. The molecule has 0 saturated heterocycles. The van der Waals surface area contributed by atoms with Gasteiger partial charge in [-0.3, -0.25) is 0 Å². The van der Waals surface area contributed by atoms with Gasteiger partial charge in [-0.1, -0.05) is 13.8 Å². The molecule has 0 aromatic rings. The third kappa shape index (κ3) is 6.05. The first-order chi connectivity index (χ1) is 4.66. The molecular weight excluding hydrogens is 126 g/mol. The van der Waals surface area contributed by atoms with E-state index in [4.69, 9.17) is 5.11 Å². The van der Waals surface area contributed by atoms with Gasteiger partial charge < -0.3 is 10.0 Å². The normalized spacial score (nSPS) is 11.4. The first kappa shape index (κ1) is 9.92. The van der Waals surface area contributed by atoms with Crippen LogP contribution in [-0.4, -0.2) is 36.8 Å². The van der Waals surface area contributed by atoms with Crippen molar-refractivity contribution in [3.05, 3.63) is 0 Å². The highest BCUT2D eigenvalue weighted by Crippen LogP contribution is 1.99. The van der Waals surface area contributed by atoms with Crippen LogP contribution in [-0.2, 0) is 0 Å². The van der Waals surface area contributed by atoms with Gasteiger partial charge in [0.05, 0.1) is 6.61 Å². The van der Waals surface area contributed by atoms with E-state index < -0.39 is 0 Å². The minimum atomic E-state index is 0.272. The largest absolute Gasteiger partial charge is 0.395 e. The molecule has 0 unspecified atom stereocenters. The van der Waals surface area contributed by atoms with Gasteiger partial charge in [-0.25, -0.2) is 0 Å². The molecule has 0 radical (unpaired) electrons. The summed E-state index contributed by atoms with van der Waals surface area (Å²) in [5.74, 6) is 0.765. The highest BCUT2D eigenvalue weighted by molar-refractivity contribution is 4.52. The lowest BCUT2D eigenvalue weighted by molar-refractivity contribution is 0.215. The molecule has 0 aromatic carbocycles. The van der Waals surface area contributed by atoms with E-state index in [1.54, 1.807) is 0 Å². The molecule has 1 N–H and O–H groups in total. The summed E-state index contributed by atoms with van der Waals surface area (Å²) < 4.78 is 0. The third-order valence-electron chi connectivity index (χ3n) is 1.57. The van der Waals surface area contributed by atoms with Crippen LogP contribution in [0, 0.1) is 5.92 Å². The van der Waals surface area contributed by atoms with Gasteiger partial charge in [-0.15, -0.1) is 0 Å². The van der Waals surface area contributed by atoms with E-state index in [0.29, 0.717) is 0 Å². The van der Waals surface area contributed by atoms with E-state index in [1.165, 1.54) is 6.42 Å². The lowest BCUT2D eigenvalue weighted by Crippen LogP contribution is -2.24. The van der Waals surface area contributed by atoms with Crippen molar-refractivity contribution in [2.75, 3.05) is 26.7 Å². The van der Waals surface area contributed by atoms with E-state index in [9.17, 15) is 0 Å². The summed E-state index contributed by atoms with van der Waals surface area (Å²) in [4.78, 5) is 2.15. The zero-order valence-electron chi connectivity index (χ0n) is 7.30. The fourth-order valence-corrected chi connectivity index (χ4v) is 0.761. The van der Waals surface area contributed by atoms with Crippen molar-refractivity contribution in [3.63, 3.8) is 0 Å². The van der Waals surface area contributed by atoms with Gasteiger partial charge in [-0.2, -0.15) is 0 Å². The maximum Gasteiger partial charge on any atom is 0.0558 e. The number of rotatable bonds is 5. The molecule has 0 aliphatic rings. The summed E-state index contributed by atoms with van der Waals surface area (Å²) in [7, 11) is 2.04. The first-order valence-corrected chi connectivity index (χ1v) is 3.96. The average molecular weight is 145 g/mol. The van der Waals surface area contributed by atoms with Crippen molar-refractivity contribution in [1.29, 1.82) is 0 Å². The molecule has 2 nitrogen and oxygen atoms in total. The van der Waals surface area contributed by atoms with E-state index >= 15 is 0 Å². The number of likely N-dealkylation sites (N-methyl/N-ethyl adjacent to an activating group) is 1. The Kier molecular flexibility index (Phi) is 5.64. The second kappa shape index (κ2) is 5.69. The summed E-state index contributed by atoms with van der Waals surface area (Å²) in [5.41, 5.74) is 0. The Morgan fingerprint density at radius 3 is 2.30 bits per heavy atom. The standard InChI is InChI=1S/C8H19NO/c1-8(2)4-5-9(3)6-7-10/h8,10H,4-7H2,1-3H3. The maximum absolute atomic E-state index is 8.56. The second-order valence-corrected chi connectivity index (χ2v) is 3.21. The van der Waals surface area contributed by atoms with Crippen LogP contribution >= 0.6 is 0 Å². The van der Waals surface area contributed by atoms with Crippen molar-refractivity contribution < 1.29 is 5.11 Å². The molecule has 0 aromatic heterocycles. The van der Waals surface area contributed by atoms with Crippen LogP contribution in [0.15, 0.2) is 0 Å². The van der Waals surface area contributed by atoms with E-state index in [-0.39, 0.29) is 6.61 Å². The Hall–Kier alpha value is -0.0800. The van der Waals surface area contributed by atoms with Crippen LogP contribution in [0.4, 0.5) is 0 Å². The summed E-state index contributed by atoms with van der Waals surface area (Å²) in [6, 6.07) is 0. The van der Waals surface area contributed by atoms with Gasteiger partial charge in [0.2, 0.25) is 0 Å². The van der Waals surface area contributed by atoms with Crippen LogP contribution in [0.2, 0.25) is 0 Å². The summed E-state index contributed by atoms with van der Waals surface area (Å²) in [5, 5.41) is 8.56. The summed E-state index contributed by atoms with van der Waals surface area (Å²) in [6.07, 6.45) is 1.22. The van der Waals surface area contributed by atoms with Gasteiger partial charge in [0.25, 0.3) is 0 Å². The SMILES string of the molecule is CC(C)CCN(C)CCO. The third-order valence-corrected chi connectivity index (χ3v) is 1.57.